The van der Waals surface area contributed by atoms with E-state index in [1.54, 1.807) is 11.8 Å². The molecule has 27 heavy (non-hydrogen) atoms. The molecule has 4 rings (SSSR count). The van der Waals surface area contributed by atoms with Crippen molar-refractivity contribution in [2.45, 2.75) is 24.0 Å². The number of thioether (sulfide) groups is 1. The maximum Gasteiger partial charge on any atom is 0.341 e. The quantitative estimate of drug-likeness (QED) is 0.463. The SMILES string of the molecule is Cc1cc(SCc2ccc3c(c2)Cc2ccccc2-3)ccc1OCC(=O)O. The molecule has 0 spiro atoms. The third-order valence-electron chi connectivity index (χ3n) is 4.76. The highest BCUT2D eigenvalue weighted by Crippen LogP contribution is 2.37. The third kappa shape index (κ3) is 3.86. The van der Waals surface area contributed by atoms with Crippen LogP contribution in [0.5, 0.6) is 5.75 Å². The zero-order chi connectivity index (χ0) is 18.8. The molecular weight excluding hydrogens is 356 g/mol. The number of aryl methyl sites for hydroxylation is 1. The van der Waals surface area contributed by atoms with Crippen molar-refractivity contribution in [2.24, 2.45) is 0 Å². The van der Waals surface area contributed by atoms with Gasteiger partial charge < -0.3 is 9.84 Å². The summed E-state index contributed by atoms with van der Waals surface area (Å²) in [4.78, 5) is 11.8. The molecule has 136 valence electrons. The van der Waals surface area contributed by atoms with Gasteiger partial charge in [-0.15, -0.1) is 11.8 Å². The second kappa shape index (κ2) is 7.49. The summed E-state index contributed by atoms with van der Waals surface area (Å²) >= 11 is 1.78. The van der Waals surface area contributed by atoms with E-state index in [1.807, 2.05) is 25.1 Å². The smallest absolute Gasteiger partial charge is 0.341 e. The van der Waals surface area contributed by atoms with E-state index < -0.39 is 5.97 Å². The van der Waals surface area contributed by atoms with Crippen molar-refractivity contribution < 1.29 is 14.6 Å². The summed E-state index contributed by atoms with van der Waals surface area (Å²) < 4.78 is 5.29. The van der Waals surface area contributed by atoms with Crippen molar-refractivity contribution in [1.82, 2.24) is 0 Å². The fourth-order valence-electron chi connectivity index (χ4n) is 3.47. The molecule has 4 heteroatoms. The molecule has 0 heterocycles. The van der Waals surface area contributed by atoms with Crippen molar-refractivity contribution in [3.8, 4) is 16.9 Å². The van der Waals surface area contributed by atoms with E-state index in [2.05, 4.69) is 42.5 Å². The Hall–Kier alpha value is -2.72. The van der Waals surface area contributed by atoms with E-state index in [9.17, 15) is 4.79 Å². The topological polar surface area (TPSA) is 46.5 Å². The van der Waals surface area contributed by atoms with E-state index in [4.69, 9.17) is 9.84 Å². The minimum absolute atomic E-state index is 0.315. The molecule has 0 atom stereocenters. The van der Waals surface area contributed by atoms with Crippen LogP contribution in [0.4, 0.5) is 0 Å². The van der Waals surface area contributed by atoms with Crippen molar-refractivity contribution in [1.29, 1.82) is 0 Å². The molecule has 0 aromatic heterocycles. The van der Waals surface area contributed by atoms with Gasteiger partial charge >= 0.3 is 5.97 Å². The van der Waals surface area contributed by atoms with Crippen LogP contribution < -0.4 is 4.74 Å². The van der Waals surface area contributed by atoms with Crippen LogP contribution in [0.3, 0.4) is 0 Å². The van der Waals surface area contributed by atoms with Crippen LogP contribution in [0, 0.1) is 6.92 Å². The highest BCUT2D eigenvalue weighted by Gasteiger charge is 2.17. The van der Waals surface area contributed by atoms with Gasteiger partial charge in [-0.25, -0.2) is 4.79 Å². The fourth-order valence-corrected chi connectivity index (χ4v) is 4.41. The van der Waals surface area contributed by atoms with Gasteiger partial charge in [0.2, 0.25) is 0 Å². The molecule has 0 aliphatic heterocycles. The Balaban J connectivity index is 1.43. The number of carboxylic acids is 1. The van der Waals surface area contributed by atoms with Gasteiger partial charge in [0, 0.05) is 10.6 Å². The van der Waals surface area contributed by atoms with Gasteiger partial charge in [0.1, 0.15) is 5.75 Å². The van der Waals surface area contributed by atoms with Crippen molar-refractivity contribution in [2.75, 3.05) is 6.61 Å². The van der Waals surface area contributed by atoms with Crippen LogP contribution in [0.1, 0.15) is 22.3 Å². The van der Waals surface area contributed by atoms with E-state index in [-0.39, 0.29) is 6.61 Å². The molecule has 0 bridgehead atoms. The number of rotatable bonds is 6. The van der Waals surface area contributed by atoms with E-state index in [0.29, 0.717) is 5.75 Å². The highest BCUT2D eigenvalue weighted by molar-refractivity contribution is 7.98. The Morgan fingerprint density at radius 2 is 1.85 bits per heavy atom. The molecular formula is C23H20O3S. The summed E-state index contributed by atoms with van der Waals surface area (Å²) in [6.07, 6.45) is 1.01. The Kier molecular flexibility index (Phi) is 4.90. The number of carbonyl (C=O) groups is 1. The van der Waals surface area contributed by atoms with Gasteiger partial charge in [-0.05, 0) is 64.9 Å². The molecule has 1 N–H and O–H groups in total. The third-order valence-corrected chi connectivity index (χ3v) is 5.83. The number of aliphatic carboxylic acids is 1. The summed E-state index contributed by atoms with van der Waals surface area (Å²) in [6.45, 7) is 1.62. The maximum atomic E-state index is 10.6. The Labute approximate surface area is 163 Å². The first-order valence-corrected chi connectivity index (χ1v) is 9.87. The molecule has 0 fully saturated rings. The van der Waals surface area contributed by atoms with E-state index >= 15 is 0 Å². The monoisotopic (exact) mass is 376 g/mol. The lowest BCUT2D eigenvalue weighted by molar-refractivity contribution is -0.139. The largest absolute Gasteiger partial charge is 0.482 e. The van der Waals surface area contributed by atoms with Gasteiger partial charge in [-0.2, -0.15) is 0 Å². The lowest BCUT2D eigenvalue weighted by Gasteiger charge is -2.10. The van der Waals surface area contributed by atoms with Crippen molar-refractivity contribution in [3.05, 3.63) is 82.9 Å². The van der Waals surface area contributed by atoms with Crippen LogP contribution in [-0.2, 0) is 17.0 Å². The minimum atomic E-state index is -0.966. The Bertz CT molecular complexity index is 1010. The van der Waals surface area contributed by atoms with Crippen LogP contribution in [-0.4, -0.2) is 17.7 Å². The first-order chi connectivity index (χ1) is 13.1. The predicted octanol–water partition coefficient (Wildman–Crippen LogP) is 5.32. The number of ether oxygens (including phenoxy) is 1. The number of carboxylic acid groups (broad SMARTS) is 1. The molecule has 1 aliphatic rings. The normalized spacial score (nSPS) is 11.7. The highest BCUT2D eigenvalue weighted by atomic mass is 32.2. The Morgan fingerprint density at radius 3 is 2.67 bits per heavy atom. The number of hydrogen-bond donors (Lipinski definition) is 1. The van der Waals surface area contributed by atoms with Crippen LogP contribution in [0.15, 0.2) is 65.6 Å². The molecule has 0 saturated carbocycles. The molecule has 0 radical (unpaired) electrons. The van der Waals surface area contributed by atoms with Crippen LogP contribution >= 0.6 is 11.8 Å². The van der Waals surface area contributed by atoms with Gasteiger partial charge in [-0.3, -0.25) is 0 Å². The summed E-state index contributed by atoms with van der Waals surface area (Å²) in [7, 11) is 0. The zero-order valence-corrected chi connectivity index (χ0v) is 15.9. The summed E-state index contributed by atoms with van der Waals surface area (Å²) in [5.74, 6) is 0.557. The molecule has 3 aromatic carbocycles. The van der Waals surface area contributed by atoms with Crippen LogP contribution in [0.25, 0.3) is 11.1 Å². The standard InChI is InChI=1S/C23H20O3S/c1-15-10-19(7-9-22(15)26-13-23(24)25)27-14-16-6-8-21-18(11-16)12-17-4-2-3-5-20(17)21/h2-11H,12-14H2,1H3,(H,24,25). The minimum Gasteiger partial charge on any atom is -0.482 e. The number of hydrogen-bond acceptors (Lipinski definition) is 3. The van der Waals surface area contributed by atoms with Gasteiger partial charge in [0.15, 0.2) is 6.61 Å². The summed E-state index contributed by atoms with van der Waals surface area (Å²) in [5.41, 5.74) is 7.79. The van der Waals surface area contributed by atoms with Gasteiger partial charge in [-0.1, -0.05) is 42.5 Å². The second-order valence-corrected chi connectivity index (χ2v) is 7.77. The van der Waals surface area contributed by atoms with E-state index in [1.165, 1.54) is 27.8 Å². The average molecular weight is 376 g/mol. The lowest BCUT2D eigenvalue weighted by Crippen LogP contribution is -2.09. The molecule has 0 unspecified atom stereocenters. The molecule has 3 aromatic rings. The second-order valence-electron chi connectivity index (χ2n) is 6.72. The number of benzene rings is 3. The van der Waals surface area contributed by atoms with E-state index in [0.717, 1.165) is 22.6 Å². The van der Waals surface area contributed by atoms with Crippen molar-refractivity contribution >= 4 is 17.7 Å². The lowest BCUT2D eigenvalue weighted by atomic mass is 10.0. The number of fused-ring (bicyclic) bond motifs is 3. The molecule has 0 saturated heterocycles. The molecule has 3 nitrogen and oxygen atoms in total. The first kappa shape index (κ1) is 17.7. The van der Waals surface area contributed by atoms with Gasteiger partial charge in [0.25, 0.3) is 0 Å². The summed E-state index contributed by atoms with van der Waals surface area (Å²) in [5, 5.41) is 8.73. The fraction of sp³-hybridized carbons (Fsp3) is 0.174. The zero-order valence-electron chi connectivity index (χ0n) is 15.1. The molecule has 0 amide bonds. The predicted molar refractivity (Wildman–Crippen MR) is 109 cm³/mol. The maximum absolute atomic E-state index is 10.6. The average Bonchev–Trinajstić information content (AvgIpc) is 3.03. The Morgan fingerprint density at radius 1 is 1.04 bits per heavy atom. The first-order valence-electron chi connectivity index (χ1n) is 8.88. The molecule has 1 aliphatic carbocycles. The summed E-state index contributed by atoms with van der Waals surface area (Å²) in [6, 6.07) is 21.3. The van der Waals surface area contributed by atoms with Gasteiger partial charge in [0.05, 0.1) is 0 Å². The van der Waals surface area contributed by atoms with Crippen molar-refractivity contribution in [3.63, 3.8) is 0 Å². The van der Waals surface area contributed by atoms with Crippen LogP contribution in [0.2, 0.25) is 0 Å².